The number of fused-ring (bicyclic) bond motifs is 1. The molecule has 2 aromatic rings. The molecule has 2 heterocycles. The molecule has 2 aliphatic carbocycles. The van der Waals surface area contributed by atoms with Gasteiger partial charge in [-0.25, -0.2) is 4.98 Å². The van der Waals surface area contributed by atoms with Crippen LogP contribution in [0.25, 0.3) is 0 Å². The summed E-state index contributed by atoms with van der Waals surface area (Å²) in [6.45, 7) is 1.13. The Bertz CT molecular complexity index is 1150. The van der Waals surface area contributed by atoms with Crippen molar-refractivity contribution in [3.63, 3.8) is 0 Å². The Labute approximate surface area is 217 Å². The summed E-state index contributed by atoms with van der Waals surface area (Å²) in [6, 6.07) is 11.5. The van der Waals surface area contributed by atoms with E-state index >= 15 is 0 Å². The fourth-order valence-corrected chi connectivity index (χ4v) is 6.48. The number of nitrogens with two attached hydrogens (primary N) is 1. The molecule has 3 aliphatic rings. The van der Waals surface area contributed by atoms with Gasteiger partial charge in [0.15, 0.2) is 0 Å². The molecule has 8 heteroatoms. The van der Waals surface area contributed by atoms with Gasteiger partial charge in [-0.2, -0.15) is 5.26 Å². The Morgan fingerprint density at radius 1 is 1.17 bits per heavy atom. The van der Waals surface area contributed by atoms with Gasteiger partial charge in [0, 0.05) is 36.6 Å². The third kappa shape index (κ3) is 5.08. The molecule has 0 spiro atoms. The van der Waals surface area contributed by atoms with Crippen molar-refractivity contribution in [1.82, 2.24) is 9.88 Å². The molecule has 1 saturated heterocycles. The molecule has 1 saturated carbocycles. The third-order valence-electron chi connectivity index (χ3n) is 8.31. The maximum atomic E-state index is 13.0. The van der Waals surface area contributed by atoms with Gasteiger partial charge in [0.1, 0.15) is 11.8 Å². The molecule has 1 aromatic carbocycles. The zero-order valence-electron chi connectivity index (χ0n) is 20.5. The number of rotatable bonds is 5. The van der Waals surface area contributed by atoms with Gasteiger partial charge in [0.25, 0.3) is 5.91 Å². The van der Waals surface area contributed by atoms with Crippen LogP contribution in [0.1, 0.15) is 78.3 Å². The molecule has 0 bridgehead atoms. The van der Waals surface area contributed by atoms with Crippen LogP contribution in [0.2, 0.25) is 5.02 Å². The number of likely N-dealkylation sites (tertiary alicyclic amines) is 1. The molecule has 1 aromatic heterocycles. The molecular formula is C28H34ClN5O2. The van der Waals surface area contributed by atoms with E-state index < -0.39 is 0 Å². The number of aliphatic hydroxyl groups excluding tert-OH is 1. The number of nitrogens with one attached hydrogen (secondary N) is 1. The number of anilines is 1. The second kappa shape index (κ2) is 10.8. The van der Waals surface area contributed by atoms with Crippen LogP contribution in [0, 0.1) is 23.2 Å². The van der Waals surface area contributed by atoms with E-state index in [0.717, 1.165) is 29.8 Å². The number of amides is 1. The van der Waals surface area contributed by atoms with E-state index in [9.17, 15) is 15.2 Å². The van der Waals surface area contributed by atoms with Crippen LogP contribution < -0.4 is 11.1 Å². The molecule has 36 heavy (non-hydrogen) atoms. The van der Waals surface area contributed by atoms with Crippen molar-refractivity contribution >= 4 is 23.2 Å². The second-order valence-electron chi connectivity index (χ2n) is 10.5. The molecule has 5 rings (SSSR count). The van der Waals surface area contributed by atoms with Crippen molar-refractivity contribution < 1.29 is 9.90 Å². The number of benzene rings is 1. The highest BCUT2D eigenvalue weighted by Gasteiger charge is 2.39. The molecule has 7 nitrogen and oxygen atoms in total. The van der Waals surface area contributed by atoms with E-state index in [1.165, 1.54) is 25.7 Å². The first-order valence-corrected chi connectivity index (χ1v) is 13.5. The summed E-state index contributed by atoms with van der Waals surface area (Å²) in [5, 5.41) is 23.2. The lowest BCUT2D eigenvalue weighted by Gasteiger charge is -2.40. The van der Waals surface area contributed by atoms with E-state index in [0.29, 0.717) is 48.1 Å². The highest BCUT2D eigenvalue weighted by molar-refractivity contribution is 6.32. The number of halogens is 1. The predicted molar refractivity (Wildman–Crippen MR) is 140 cm³/mol. The van der Waals surface area contributed by atoms with Crippen LogP contribution in [0.4, 0.5) is 5.69 Å². The fourth-order valence-electron chi connectivity index (χ4n) is 6.26. The molecule has 2 fully saturated rings. The van der Waals surface area contributed by atoms with Gasteiger partial charge < -0.3 is 21.1 Å². The number of carbonyl (C=O) groups is 1. The van der Waals surface area contributed by atoms with Crippen molar-refractivity contribution in [3.8, 4) is 6.07 Å². The number of pyridine rings is 1. The zero-order valence-corrected chi connectivity index (χ0v) is 21.3. The first kappa shape index (κ1) is 25.0. The third-order valence-corrected chi connectivity index (χ3v) is 8.62. The van der Waals surface area contributed by atoms with Gasteiger partial charge in [-0.3, -0.25) is 4.79 Å². The highest BCUT2D eigenvalue weighted by atomic mass is 35.5. The lowest BCUT2D eigenvalue weighted by atomic mass is 9.73. The van der Waals surface area contributed by atoms with Gasteiger partial charge in [-0.05, 0) is 80.2 Å². The maximum absolute atomic E-state index is 13.0. The quantitative estimate of drug-likeness (QED) is 0.551. The molecule has 3 atom stereocenters. The van der Waals surface area contributed by atoms with E-state index in [1.54, 1.807) is 11.0 Å². The minimum absolute atomic E-state index is 0.0661. The Kier molecular flexibility index (Phi) is 7.47. The van der Waals surface area contributed by atoms with Crippen LogP contribution in [-0.4, -0.2) is 46.1 Å². The summed E-state index contributed by atoms with van der Waals surface area (Å²) >= 11 is 6.32. The summed E-state index contributed by atoms with van der Waals surface area (Å²) in [5.41, 5.74) is 10.7. The zero-order chi connectivity index (χ0) is 25.2. The average molecular weight is 508 g/mol. The van der Waals surface area contributed by atoms with Gasteiger partial charge >= 0.3 is 0 Å². The smallest absolute Gasteiger partial charge is 0.272 e. The minimum atomic E-state index is -0.317. The Hall–Kier alpha value is -2.66. The van der Waals surface area contributed by atoms with Gasteiger partial charge in [0.05, 0.1) is 16.7 Å². The Morgan fingerprint density at radius 3 is 2.61 bits per heavy atom. The first-order chi connectivity index (χ1) is 17.4. The SMILES string of the molecule is N#Cc1ccc(NC(C2CCCC2)C2CCc3nc(C(=O)N4CCC(O)CC4)ccc3C2N)cc1Cl. The van der Waals surface area contributed by atoms with Crippen molar-refractivity contribution in [2.24, 2.45) is 17.6 Å². The first-order valence-electron chi connectivity index (χ1n) is 13.1. The molecule has 1 aliphatic heterocycles. The highest BCUT2D eigenvalue weighted by Crippen LogP contribution is 2.41. The number of carbonyl (C=O) groups excluding carboxylic acids is 1. The second-order valence-corrected chi connectivity index (χ2v) is 10.9. The lowest BCUT2D eigenvalue weighted by molar-refractivity contribution is 0.0541. The van der Waals surface area contributed by atoms with Gasteiger partial charge in [-0.1, -0.05) is 30.5 Å². The summed E-state index contributed by atoms with van der Waals surface area (Å²) in [4.78, 5) is 19.6. The van der Waals surface area contributed by atoms with Crippen LogP contribution in [0.5, 0.6) is 0 Å². The molecule has 190 valence electrons. The van der Waals surface area contributed by atoms with Crippen LogP contribution >= 0.6 is 11.6 Å². The van der Waals surface area contributed by atoms with Crippen molar-refractivity contribution in [2.75, 3.05) is 18.4 Å². The maximum Gasteiger partial charge on any atom is 0.272 e. The summed E-state index contributed by atoms with van der Waals surface area (Å²) < 4.78 is 0. The van der Waals surface area contributed by atoms with Crippen molar-refractivity contribution in [2.45, 2.75) is 69.6 Å². The van der Waals surface area contributed by atoms with Crippen molar-refractivity contribution in [1.29, 1.82) is 5.26 Å². The lowest BCUT2D eigenvalue weighted by Crippen LogP contribution is -2.44. The number of nitrogens with zero attached hydrogens (tertiary/aromatic N) is 3. The summed E-state index contributed by atoms with van der Waals surface area (Å²) in [7, 11) is 0. The fraction of sp³-hybridized carbons (Fsp3) is 0.536. The standard InChI is InChI=1S/C28H34ClN5O2/c29-23-15-19(6-5-18(23)16-30)32-27(17-3-1-2-4-17)22-8-9-24-21(26(22)31)7-10-25(33-24)28(36)34-13-11-20(35)12-14-34/h5-7,10,15,17,20,22,26-27,32,35H,1-4,8-9,11-14,31H2. The molecular weight excluding hydrogens is 474 g/mol. The average Bonchev–Trinajstić information content (AvgIpc) is 3.43. The van der Waals surface area contributed by atoms with Crippen LogP contribution in [-0.2, 0) is 6.42 Å². The van der Waals surface area contributed by atoms with E-state index in [2.05, 4.69) is 11.4 Å². The van der Waals surface area contributed by atoms with Crippen molar-refractivity contribution in [3.05, 3.63) is 57.9 Å². The van der Waals surface area contributed by atoms with Crippen LogP contribution in [0.3, 0.4) is 0 Å². The monoisotopic (exact) mass is 507 g/mol. The molecule has 3 unspecified atom stereocenters. The number of nitriles is 1. The minimum Gasteiger partial charge on any atom is -0.393 e. The summed E-state index contributed by atoms with van der Waals surface area (Å²) in [5.74, 6) is 0.686. The summed E-state index contributed by atoms with van der Waals surface area (Å²) in [6.07, 6.45) is 7.40. The Balaban J connectivity index is 1.36. The number of aliphatic hydroxyl groups is 1. The van der Waals surface area contributed by atoms with Crippen LogP contribution in [0.15, 0.2) is 30.3 Å². The number of aromatic nitrogens is 1. The number of hydrogen-bond acceptors (Lipinski definition) is 6. The van der Waals surface area contributed by atoms with E-state index in [1.807, 2.05) is 24.3 Å². The Morgan fingerprint density at radius 2 is 1.92 bits per heavy atom. The number of hydrogen-bond donors (Lipinski definition) is 3. The molecule has 1 amide bonds. The number of aryl methyl sites for hydroxylation is 1. The molecule has 4 N–H and O–H groups in total. The van der Waals surface area contributed by atoms with E-state index in [4.69, 9.17) is 22.3 Å². The largest absolute Gasteiger partial charge is 0.393 e. The van der Waals surface area contributed by atoms with Gasteiger partial charge in [0.2, 0.25) is 0 Å². The van der Waals surface area contributed by atoms with Gasteiger partial charge in [-0.15, -0.1) is 0 Å². The topological polar surface area (TPSA) is 115 Å². The van der Waals surface area contributed by atoms with E-state index in [-0.39, 0.29) is 30.0 Å². The molecule has 0 radical (unpaired) electrons. The normalized spacial score (nSPS) is 23.7. The number of piperidine rings is 1. The predicted octanol–water partition coefficient (Wildman–Crippen LogP) is 4.44.